The number of ether oxygens (including phenoxy) is 4. The van der Waals surface area contributed by atoms with E-state index in [2.05, 4.69) is 18.8 Å². The Morgan fingerprint density at radius 3 is 2.18 bits per heavy atom. The van der Waals surface area contributed by atoms with Crippen molar-refractivity contribution < 1.29 is 47.1 Å². The summed E-state index contributed by atoms with van der Waals surface area (Å²) in [5.41, 5.74) is 0.687. The zero-order valence-electron chi connectivity index (χ0n) is 28.6. The second-order valence-electron chi connectivity index (χ2n) is 12.6. The number of carbonyl (C=O) groups excluding carboxylic acids is 1. The number of aliphatic hydroxyl groups is 2. The van der Waals surface area contributed by atoms with E-state index in [0.717, 1.165) is 43.4 Å². The number of hydrogen-bond acceptors (Lipinski definition) is 7. The van der Waals surface area contributed by atoms with E-state index in [9.17, 15) is 28.2 Å². The Morgan fingerprint density at radius 1 is 0.939 bits per heavy atom. The van der Waals surface area contributed by atoms with Crippen molar-refractivity contribution in [3.63, 3.8) is 0 Å². The number of unbranched alkanes of at least 4 members (excludes halogenated alkanes) is 8. The lowest BCUT2D eigenvalue weighted by atomic mass is 9.96. The van der Waals surface area contributed by atoms with Gasteiger partial charge in [-0.05, 0) is 29.7 Å². The maximum Gasteiger partial charge on any atom is 0.416 e. The summed E-state index contributed by atoms with van der Waals surface area (Å²) in [6, 6.07) is 13.1. The molecule has 1 saturated heterocycles. The normalized spacial score (nSPS) is 21.7. The third kappa shape index (κ3) is 14.5. The SMILES string of the molecule is C=CCO[C@@H]1O[C@H](CO)[C@@H](OCc2ccccc2)[C@H](O)[C@H]1NC(=O)C[C@@H](CCCCCCCCCCC)OCc1ccc(C(F)(F)F)cc1. The first-order valence-corrected chi connectivity index (χ1v) is 17.6. The molecule has 0 bridgehead atoms. The summed E-state index contributed by atoms with van der Waals surface area (Å²) < 4.78 is 63.0. The number of alkyl halides is 3. The molecule has 6 atom stereocenters. The van der Waals surface area contributed by atoms with E-state index in [4.69, 9.17) is 18.9 Å². The summed E-state index contributed by atoms with van der Waals surface area (Å²) in [6.07, 6.45) is 3.04. The van der Waals surface area contributed by atoms with Crippen molar-refractivity contribution >= 4 is 5.91 Å². The van der Waals surface area contributed by atoms with Crippen LogP contribution < -0.4 is 5.32 Å². The molecule has 2 aromatic carbocycles. The Labute approximate surface area is 289 Å². The molecule has 274 valence electrons. The van der Waals surface area contributed by atoms with Crippen LogP contribution in [0.1, 0.15) is 94.2 Å². The van der Waals surface area contributed by atoms with E-state index in [1.165, 1.54) is 50.3 Å². The lowest BCUT2D eigenvalue weighted by molar-refractivity contribution is -0.277. The highest BCUT2D eigenvalue weighted by Gasteiger charge is 2.47. The summed E-state index contributed by atoms with van der Waals surface area (Å²) in [7, 11) is 0. The first-order chi connectivity index (χ1) is 23.7. The van der Waals surface area contributed by atoms with Crippen LogP contribution in [-0.2, 0) is 43.1 Å². The predicted molar refractivity (Wildman–Crippen MR) is 181 cm³/mol. The number of aliphatic hydroxyl groups excluding tert-OH is 2. The highest BCUT2D eigenvalue weighted by atomic mass is 19.4. The predicted octanol–water partition coefficient (Wildman–Crippen LogP) is 7.25. The number of benzene rings is 2. The van der Waals surface area contributed by atoms with Gasteiger partial charge in [0.05, 0.1) is 44.5 Å². The minimum absolute atomic E-state index is 0.0430. The fourth-order valence-corrected chi connectivity index (χ4v) is 5.88. The van der Waals surface area contributed by atoms with Gasteiger partial charge in [0.1, 0.15) is 24.4 Å². The largest absolute Gasteiger partial charge is 0.416 e. The molecule has 0 aromatic heterocycles. The van der Waals surface area contributed by atoms with Crippen molar-refractivity contribution in [2.75, 3.05) is 13.2 Å². The lowest BCUT2D eigenvalue weighted by Crippen LogP contribution is -2.65. The Bertz CT molecular complexity index is 1200. The van der Waals surface area contributed by atoms with Gasteiger partial charge in [-0.25, -0.2) is 0 Å². The molecule has 2 aromatic rings. The third-order valence-electron chi connectivity index (χ3n) is 8.65. The fourth-order valence-electron chi connectivity index (χ4n) is 5.88. The van der Waals surface area contributed by atoms with Crippen molar-refractivity contribution in [3.8, 4) is 0 Å². The minimum atomic E-state index is -4.43. The monoisotopic (exact) mass is 693 g/mol. The Morgan fingerprint density at radius 2 is 1.57 bits per heavy atom. The van der Waals surface area contributed by atoms with Crippen molar-refractivity contribution in [3.05, 3.63) is 83.9 Å². The van der Waals surface area contributed by atoms with Gasteiger partial charge in [0.15, 0.2) is 6.29 Å². The second kappa shape index (κ2) is 22.1. The number of nitrogens with one attached hydrogen (secondary N) is 1. The van der Waals surface area contributed by atoms with Gasteiger partial charge in [-0.3, -0.25) is 4.79 Å². The maximum atomic E-state index is 13.5. The van der Waals surface area contributed by atoms with Gasteiger partial charge in [-0.2, -0.15) is 13.2 Å². The molecule has 0 spiro atoms. The maximum absolute atomic E-state index is 13.5. The van der Waals surface area contributed by atoms with Crippen molar-refractivity contribution in [2.45, 2.75) is 134 Å². The molecule has 8 nitrogen and oxygen atoms in total. The summed E-state index contributed by atoms with van der Waals surface area (Å²) in [5, 5.41) is 24.3. The van der Waals surface area contributed by atoms with Crippen LogP contribution in [0, 0.1) is 0 Å². The molecule has 1 heterocycles. The van der Waals surface area contributed by atoms with Gasteiger partial charge < -0.3 is 34.5 Å². The summed E-state index contributed by atoms with van der Waals surface area (Å²) in [4.78, 5) is 13.5. The van der Waals surface area contributed by atoms with Crippen molar-refractivity contribution in [1.29, 1.82) is 0 Å². The van der Waals surface area contributed by atoms with Gasteiger partial charge in [-0.1, -0.05) is 113 Å². The van der Waals surface area contributed by atoms with E-state index in [1.807, 2.05) is 30.3 Å². The van der Waals surface area contributed by atoms with Gasteiger partial charge in [0.2, 0.25) is 5.91 Å². The van der Waals surface area contributed by atoms with E-state index in [-0.39, 0.29) is 26.2 Å². The van der Waals surface area contributed by atoms with Crippen molar-refractivity contribution in [1.82, 2.24) is 5.32 Å². The van der Waals surface area contributed by atoms with E-state index in [1.54, 1.807) is 0 Å². The Hall–Kier alpha value is -2.80. The molecule has 0 radical (unpaired) electrons. The Balaban J connectivity index is 1.65. The van der Waals surface area contributed by atoms with Crippen LogP contribution in [0.4, 0.5) is 13.2 Å². The fraction of sp³-hybridized carbons (Fsp3) is 0.605. The van der Waals surface area contributed by atoms with Gasteiger partial charge in [0, 0.05) is 0 Å². The van der Waals surface area contributed by atoms with Crippen LogP contribution in [0.3, 0.4) is 0 Å². The highest BCUT2D eigenvalue weighted by molar-refractivity contribution is 5.77. The second-order valence-corrected chi connectivity index (χ2v) is 12.6. The van der Waals surface area contributed by atoms with E-state index in [0.29, 0.717) is 12.0 Å². The minimum Gasteiger partial charge on any atom is -0.394 e. The summed E-state index contributed by atoms with van der Waals surface area (Å²) in [5.74, 6) is -0.419. The zero-order valence-corrected chi connectivity index (χ0v) is 28.6. The van der Waals surface area contributed by atoms with Crippen LogP contribution in [0.25, 0.3) is 0 Å². The molecule has 1 aliphatic heterocycles. The molecule has 0 aliphatic carbocycles. The van der Waals surface area contributed by atoms with Crippen LogP contribution in [0.2, 0.25) is 0 Å². The van der Waals surface area contributed by atoms with E-state index >= 15 is 0 Å². The summed E-state index contributed by atoms with van der Waals surface area (Å²) >= 11 is 0. The third-order valence-corrected chi connectivity index (χ3v) is 8.65. The van der Waals surface area contributed by atoms with Crippen LogP contribution in [-0.4, -0.2) is 66.1 Å². The molecule has 1 fully saturated rings. The molecule has 3 rings (SSSR count). The van der Waals surface area contributed by atoms with Crippen LogP contribution in [0.5, 0.6) is 0 Å². The van der Waals surface area contributed by atoms with Gasteiger partial charge in [-0.15, -0.1) is 6.58 Å². The first kappa shape index (κ1) is 40.6. The van der Waals surface area contributed by atoms with E-state index < -0.39 is 61.0 Å². The molecule has 49 heavy (non-hydrogen) atoms. The Kier molecular flexibility index (Phi) is 18.3. The standard InChI is InChI=1S/C38H54F3NO7/c1-3-5-6-7-8-9-10-11-15-18-31(47-26-29-19-21-30(22-20-29)38(39,40)41)24-33(44)42-34-35(45)36(48-27-28-16-13-12-14-17-28)32(25-43)49-37(34)46-23-4-2/h4,12-14,16-17,19-22,31-32,34-37,43,45H,2-3,5-11,15,18,23-27H2,1H3,(H,42,44)/t31-,32-,34-,35-,36-,37-/m1/s1. The average molecular weight is 694 g/mol. The number of hydrogen-bond donors (Lipinski definition) is 3. The molecular weight excluding hydrogens is 639 g/mol. The molecule has 0 unspecified atom stereocenters. The average Bonchev–Trinajstić information content (AvgIpc) is 3.09. The number of halogens is 3. The molecule has 1 aliphatic rings. The zero-order chi connectivity index (χ0) is 35.5. The van der Waals surface area contributed by atoms with Crippen molar-refractivity contribution in [2.24, 2.45) is 0 Å². The molecule has 11 heteroatoms. The lowest BCUT2D eigenvalue weighted by Gasteiger charge is -2.44. The number of rotatable bonds is 23. The van der Waals surface area contributed by atoms with Gasteiger partial charge >= 0.3 is 6.18 Å². The number of amides is 1. The van der Waals surface area contributed by atoms with Crippen LogP contribution >= 0.6 is 0 Å². The molecule has 1 amide bonds. The summed E-state index contributed by atoms with van der Waals surface area (Å²) in [6.45, 7) is 5.68. The quantitative estimate of drug-likeness (QED) is 0.0832. The first-order valence-electron chi connectivity index (χ1n) is 17.6. The van der Waals surface area contributed by atoms with Crippen LogP contribution in [0.15, 0.2) is 67.3 Å². The topological polar surface area (TPSA) is 106 Å². The van der Waals surface area contributed by atoms with Gasteiger partial charge in [0.25, 0.3) is 0 Å². The smallest absolute Gasteiger partial charge is 0.394 e. The number of carbonyl (C=O) groups is 1. The molecule has 3 N–H and O–H groups in total. The molecular formula is C38H54F3NO7. The highest BCUT2D eigenvalue weighted by Crippen LogP contribution is 2.30. The molecule has 0 saturated carbocycles.